The van der Waals surface area contributed by atoms with E-state index >= 15 is 0 Å². The molecule has 1 aromatic carbocycles. The molecule has 26 heavy (non-hydrogen) atoms. The van der Waals surface area contributed by atoms with Crippen molar-refractivity contribution in [1.29, 1.82) is 0 Å². The summed E-state index contributed by atoms with van der Waals surface area (Å²) in [6.07, 6.45) is 4.58. The van der Waals surface area contributed by atoms with E-state index in [1.54, 1.807) is 25.4 Å². The summed E-state index contributed by atoms with van der Waals surface area (Å²) >= 11 is 0. The first-order chi connectivity index (χ1) is 12.6. The highest BCUT2D eigenvalue weighted by Crippen LogP contribution is 2.21. The van der Waals surface area contributed by atoms with Gasteiger partial charge in [-0.25, -0.2) is 20.1 Å². The molecule has 0 bridgehead atoms. The lowest BCUT2D eigenvalue weighted by atomic mass is 10.1. The van der Waals surface area contributed by atoms with Crippen molar-refractivity contribution in [3.8, 4) is 17.0 Å². The van der Waals surface area contributed by atoms with Crippen molar-refractivity contribution in [2.75, 3.05) is 12.8 Å². The van der Waals surface area contributed by atoms with Gasteiger partial charge in [-0.05, 0) is 36.4 Å². The lowest BCUT2D eigenvalue weighted by Crippen LogP contribution is -2.52. The third-order valence-electron chi connectivity index (χ3n) is 3.63. The van der Waals surface area contributed by atoms with Gasteiger partial charge in [0.2, 0.25) is 0 Å². The van der Waals surface area contributed by atoms with Crippen LogP contribution in [0, 0.1) is 0 Å². The molecule has 0 saturated heterocycles. The van der Waals surface area contributed by atoms with Crippen LogP contribution in [0.4, 0.5) is 5.82 Å². The zero-order chi connectivity index (χ0) is 18.5. The minimum atomic E-state index is -0.388. The lowest BCUT2D eigenvalue weighted by molar-refractivity contribution is -0.116. The molecule has 8 nitrogen and oxygen atoms in total. The molecule has 0 radical (unpaired) electrons. The molecule has 0 aliphatic heterocycles. The molecule has 1 amide bonds. The van der Waals surface area contributed by atoms with Crippen molar-refractivity contribution in [3.05, 3.63) is 66.2 Å². The van der Waals surface area contributed by atoms with Gasteiger partial charge >= 0.3 is 11.7 Å². The van der Waals surface area contributed by atoms with Gasteiger partial charge in [0, 0.05) is 18.0 Å². The van der Waals surface area contributed by atoms with Gasteiger partial charge in [0.25, 0.3) is 0 Å². The fourth-order valence-corrected chi connectivity index (χ4v) is 2.25. The molecule has 5 N–H and O–H groups in total. The Labute approximate surface area is 149 Å². The second-order valence-electron chi connectivity index (χ2n) is 5.32. The van der Waals surface area contributed by atoms with Crippen molar-refractivity contribution in [3.63, 3.8) is 0 Å². The molecule has 0 aliphatic carbocycles. The van der Waals surface area contributed by atoms with Crippen molar-refractivity contribution < 1.29 is 14.9 Å². The summed E-state index contributed by atoms with van der Waals surface area (Å²) in [4.78, 5) is 24.6. The summed E-state index contributed by atoms with van der Waals surface area (Å²) in [5.41, 5.74) is 7.88. The number of amidine groups is 1. The van der Waals surface area contributed by atoms with E-state index in [0.29, 0.717) is 11.3 Å². The standard InChI is InChI=1S/C18H16N6O2/c1-26-13-4-2-11(3-5-13)14-10-22-16(19)15(23-14)17(20)24-18(25)12-6-8-21-9-7-12/h2-10H,1H3,(H2,19,22)(H2,20,24,25)/p+1. The van der Waals surface area contributed by atoms with Crippen LogP contribution in [0.5, 0.6) is 5.75 Å². The molecule has 0 saturated carbocycles. The zero-order valence-electron chi connectivity index (χ0n) is 14.0. The number of ether oxygens (including phenoxy) is 1. The van der Waals surface area contributed by atoms with Gasteiger partial charge in [-0.2, -0.15) is 0 Å². The summed E-state index contributed by atoms with van der Waals surface area (Å²) in [5, 5.41) is 8.57. The number of pyridine rings is 1. The summed E-state index contributed by atoms with van der Waals surface area (Å²) < 4.78 is 5.14. The number of nitrogens with zero attached hydrogens (tertiary/aromatic N) is 3. The molecule has 0 spiro atoms. The first-order valence-corrected chi connectivity index (χ1v) is 7.69. The second kappa shape index (κ2) is 7.39. The Kier molecular flexibility index (Phi) is 4.84. The van der Waals surface area contributed by atoms with E-state index in [9.17, 15) is 4.79 Å². The number of carbonyl (C=O) groups excluding carboxylic acids is 1. The predicted octanol–water partition coefficient (Wildman–Crippen LogP) is 0.0651. The van der Waals surface area contributed by atoms with E-state index in [-0.39, 0.29) is 23.3 Å². The second-order valence-corrected chi connectivity index (χ2v) is 5.32. The molecular weight excluding hydrogens is 332 g/mol. The van der Waals surface area contributed by atoms with Gasteiger partial charge in [0.1, 0.15) is 5.75 Å². The monoisotopic (exact) mass is 349 g/mol. The van der Waals surface area contributed by atoms with Crippen LogP contribution < -0.4 is 21.2 Å². The maximum atomic E-state index is 12.2. The molecule has 3 rings (SSSR count). The number of amides is 1. The van der Waals surface area contributed by atoms with Crippen LogP contribution in [-0.2, 0) is 0 Å². The average molecular weight is 349 g/mol. The summed E-state index contributed by atoms with van der Waals surface area (Å²) in [7, 11) is 1.59. The van der Waals surface area contributed by atoms with Gasteiger partial charge in [-0.3, -0.25) is 10.4 Å². The van der Waals surface area contributed by atoms with Crippen LogP contribution in [0.1, 0.15) is 16.1 Å². The summed E-state index contributed by atoms with van der Waals surface area (Å²) in [6.45, 7) is 0. The van der Waals surface area contributed by atoms with Gasteiger partial charge in [0.05, 0.1) is 24.6 Å². The van der Waals surface area contributed by atoms with Crippen molar-refractivity contribution in [2.45, 2.75) is 0 Å². The topological polar surface area (TPSA) is 129 Å². The van der Waals surface area contributed by atoms with E-state index in [4.69, 9.17) is 15.9 Å². The Morgan fingerprint density at radius 1 is 1.15 bits per heavy atom. The number of hydrogen-bond acceptors (Lipinski definition) is 6. The van der Waals surface area contributed by atoms with E-state index in [2.05, 4.69) is 20.3 Å². The van der Waals surface area contributed by atoms with Crippen LogP contribution in [0.25, 0.3) is 11.3 Å². The molecule has 3 aromatic rings. The van der Waals surface area contributed by atoms with Crippen LogP contribution in [-0.4, -0.2) is 33.8 Å². The minimum absolute atomic E-state index is 0.0205. The fourth-order valence-electron chi connectivity index (χ4n) is 2.25. The predicted molar refractivity (Wildman–Crippen MR) is 96.2 cm³/mol. The largest absolute Gasteiger partial charge is 0.497 e. The first kappa shape index (κ1) is 17.0. The highest BCUT2D eigenvalue weighted by molar-refractivity contribution is 6.11. The Balaban J connectivity index is 1.85. The quantitative estimate of drug-likeness (QED) is 0.451. The van der Waals surface area contributed by atoms with E-state index < -0.39 is 0 Å². The van der Waals surface area contributed by atoms with E-state index in [1.807, 2.05) is 24.3 Å². The molecule has 2 heterocycles. The van der Waals surface area contributed by atoms with Crippen LogP contribution in [0.15, 0.2) is 55.0 Å². The number of carbonyl (C=O) groups is 1. The highest BCUT2D eigenvalue weighted by Gasteiger charge is 2.21. The number of aromatic nitrogens is 3. The Morgan fingerprint density at radius 2 is 1.85 bits per heavy atom. The molecule has 130 valence electrons. The van der Waals surface area contributed by atoms with Crippen LogP contribution in [0.2, 0.25) is 0 Å². The molecule has 0 atom stereocenters. The van der Waals surface area contributed by atoms with E-state index in [1.165, 1.54) is 12.4 Å². The van der Waals surface area contributed by atoms with Crippen LogP contribution in [0.3, 0.4) is 0 Å². The van der Waals surface area contributed by atoms with Gasteiger partial charge < -0.3 is 10.5 Å². The smallest absolute Gasteiger partial charge is 0.339 e. The Bertz CT molecular complexity index is 942. The Hall–Kier alpha value is -3.81. The lowest BCUT2D eigenvalue weighted by Gasteiger charge is -2.06. The maximum absolute atomic E-state index is 12.2. The molecular formula is C18H17N6O2+. The Morgan fingerprint density at radius 3 is 2.50 bits per heavy atom. The third kappa shape index (κ3) is 3.64. The van der Waals surface area contributed by atoms with E-state index in [0.717, 1.165) is 11.3 Å². The summed E-state index contributed by atoms with van der Waals surface area (Å²) in [6, 6.07) is 10.5. The number of nitrogens with one attached hydrogen (secondary N) is 1. The highest BCUT2D eigenvalue weighted by atomic mass is 16.5. The number of benzene rings is 1. The maximum Gasteiger partial charge on any atom is 0.339 e. The van der Waals surface area contributed by atoms with Crippen molar-refractivity contribution in [2.24, 2.45) is 0 Å². The number of nitrogens with two attached hydrogens (primary N) is 2. The molecule has 0 aliphatic rings. The van der Waals surface area contributed by atoms with Crippen molar-refractivity contribution >= 4 is 17.6 Å². The van der Waals surface area contributed by atoms with Crippen LogP contribution >= 0.6 is 0 Å². The number of nitrogen functional groups attached to an aromatic ring is 1. The summed E-state index contributed by atoms with van der Waals surface area (Å²) in [5.74, 6) is 0.482. The molecule has 8 heteroatoms. The van der Waals surface area contributed by atoms with Crippen molar-refractivity contribution in [1.82, 2.24) is 20.3 Å². The molecule has 0 fully saturated rings. The number of anilines is 1. The molecule has 2 aromatic heterocycles. The first-order valence-electron chi connectivity index (χ1n) is 7.69. The number of hydrogen-bond donors (Lipinski definition) is 3. The average Bonchev–Trinajstić information content (AvgIpc) is 2.69. The fraction of sp³-hybridized carbons (Fsp3) is 0.0556. The van der Waals surface area contributed by atoms with Gasteiger partial charge in [-0.1, -0.05) is 0 Å². The minimum Gasteiger partial charge on any atom is -0.497 e. The van der Waals surface area contributed by atoms with Gasteiger partial charge in [0.15, 0.2) is 11.5 Å². The normalized spacial score (nSPS) is 10.2. The number of rotatable bonds is 4. The van der Waals surface area contributed by atoms with Gasteiger partial charge in [-0.15, -0.1) is 0 Å². The SMILES string of the molecule is COc1ccc(-c2cnc(N)c(C(=[NH2+])NC(=O)c3ccncc3)n2)cc1. The molecule has 0 unspecified atom stereocenters. The zero-order valence-corrected chi connectivity index (χ0v) is 14.0. The third-order valence-corrected chi connectivity index (χ3v) is 3.63. The number of methoxy groups -OCH3 is 1.